The molecular formula is C18H14ClN5O2S2. The van der Waals surface area contributed by atoms with E-state index in [1.54, 1.807) is 30.3 Å². The molecule has 4 rings (SSSR count). The quantitative estimate of drug-likeness (QED) is 0.448. The second-order valence-corrected chi connectivity index (χ2v) is 9.14. The van der Waals surface area contributed by atoms with Gasteiger partial charge in [0.25, 0.3) is 10.0 Å². The molecule has 7 nitrogen and oxygen atoms in total. The normalized spacial score (nSPS) is 11.5. The summed E-state index contributed by atoms with van der Waals surface area (Å²) in [6.07, 6.45) is 1.52. The molecule has 0 spiro atoms. The number of fused-ring (bicyclic) bond motifs is 1. The predicted molar refractivity (Wildman–Crippen MR) is 112 cm³/mol. The highest BCUT2D eigenvalue weighted by molar-refractivity contribution is 7.92. The van der Waals surface area contributed by atoms with E-state index in [-0.39, 0.29) is 16.0 Å². The minimum Gasteiger partial charge on any atom is -0.340 e. The molecule has 28 heavy (non-hydrogen) atoms. The predicted octanol–water partition coefficient (Wildman–Crippen LogP) is 4.59. The van der Waals surface area contributed by atoms with Gasteiger partial charge in [0.1, 0.15) is 16.5 Å². The summed E-state index contributed by atoms with van der Waals surface area (Å²) in [4.78, 5) is 14.5. The third kappa shape index (κ3) is 3.91. The summed E-state index contributed by atoms with van der Waals surface area (Å²) in [5.41, 5.74) is 0.678. The van der Waals surface area contributed by atoms with E-state index in [2.05, 4.69) is 25.0 Å². The molecule has 142 valence electrons. The Hall–Kier alpha value is -2.75. The van der Waals surface area contributed by atoms with Gasteiger partial charge in [0.2, 0.25) is 5.28 Å². The molecule has 1 aromatic carbocycles. The van der Waals surface area contributed by atoms with Gasteiger partial charge < -0.3 is 5.32 Å². The standard InChI is InChI=1S/C18H14ClN5O2S2/c1-11-10-14-16(22-18(19)23-17(14)27-11)21-12-5-7-13(8-6-12)28(25,26)24-15-4-2-3-9-20-15/h2-10H,1H3,(H,20,24)(H,21,22,23). The summed E-state index contributed by atoms with van der Waals surface area (Å²) in [6.45, 7) is 1.98. The Morgan fingerprint density at radius 3 is 2.57 bits per heavy atom. The third-order valence-electron chi connectivity index (χ3n) is 3.82. The number of benzene rings is 1. The van der Waals surface area contributed by atoms with Crippen molar-refractivity contribution in [1.82, 2.24) is 15.0 Å². The van der Waals surface area contributed by atoms with E-state index in [1.807, 2.05) is 13.0 Å². The smallest absolute Gasteiger partial charge is 0.263 e. The van der Waals surface area contributed by atoms with Crippen LogP contribution in [0.1, 0.15) is 4.88 Å². The molecule has 0 atom stereocenters. The van der Waals surface area contributed by atoms with E-state index in [0.717, 1.165) is 15.1 Å². The Morgan fingerprint density at radius 2 is 1.86 bits per heavy atom. The molecule has 0 fully saturated rings. The number of sulfonamides is 1. The lowest BCUT2D eigenvalue weighted by Crippen LogP contribution is -2.13. The molecule has 10 heteroatoms. The number of thiophene rings is 1. The molecular weight excluding hydrogens is 418 g/mol. The van der Waals surface area contributed by atoms with Gasteiger partial charge >= 0.3 is 0 Å². The maximum absolute atomic E-state index is 12.5. The fraction of sp³-hybridized carbons (Fsp3) is 0.0556. The van der Waals surface area contributed by atoms with Gasteiger partial charge in [0.15, 0.2) is 0 Å². The average molecular weight is 432 g/mol. The molecule has 3 aromatic heterocycles. The molecule has 2 N–H and O–H groups in total. The average Bonchev–Trinajstić information content (AvgIpc) is 3.03. The molecule has 3 heterocycles. The van der Waals surface area contributed by atoms with E-state index in [0.29, 0.717) is 11.5 Å². The highest BCUT2D eigenvalue weighted by Crippen LogP contribution is 2.31. The molecule has 0 saturated heterocycles. The maximum atomic E-state index is 12.5. The number of nitrogens with zero attached hydrogens (tertiary/aromatic N) is 3. The molecule has 0 radical (unpaired) electrons. The number of halogens is 1. The number of aromatic nitrogens is 3. The first kappa shape index (κ1) is 18.6. The molecule has 0 bridgehead atoms. The monoisotopic (exact) mass is 431 g/mol. The number of pyridine rings is 1. The Kier molecular flexibility index (Phi) is 4.88. The van der Waals surface area contributed by atoms with Crippen LogP contribution >= 0.6 is 22.9 Å². The van der Waals surface area contributed by atoms with Crippen LogP contribution < -0.4 is 10.0 Å². The first-order valence-corrected chi connectivity index (χ1v) is 10.8. The second kappa shape index (κ2) is 7.34. The zero-order valence-electron chi connectivity index (χ0n) is 14.5. The molecule has 4 aromatic rings. The van der Waals surface area contributed by atoms with Gasteiger partial charge in [-0.05, 0) is 61.0 Å². The number of anilines is 3. The van der Waals surface area contributed by atoms with Crippen molar-refractivity contribution in [1.29, 1.82) is 0 Å². The van der Waals surface area contributed by atoms with Gasteiger partial charge in [-0.1, -0.05) is 6.07 Å². The van der Waals surface area contributed by atoms with Crippen LogP contribution in [0.25, 0.3) is 10.2 Å². The van der Waals surface area contributed by atoms with Gasteiger partial charge in [0, 0.05) is 16.8 Å². The summed E-state index contributed by atoms with van der Waals surface area (Å²) < 4.78 is 27.4. The van der Waals surface area contributed by atoms with E-state index >= 15 is 0 Å². The topological polar surface area (TPSA) is 96.9 Å². The van der Waals surface area contributed by atoms with Gasteiger partial charge in [0.05, 0.1) is 10.3 Å². The SMILES string of the molecule is Cc1cc2c(Nc3ccc(S(=O)(=O)Nc4ccccn4)cc3)nc(Cl)nc2s1. The number of aryl methyl sites for hydroxylation is 1. The molecule has 0 aliphatic carbocycles. The van der Waals surface area contributed by atoms with Crippen LogP contribution in [0.2, 0.25) is 5.28 Å². The fourth-order valence-electron chi connectivity index (χ4n) is 2.59. The number of rotatable bonds is 5. The lowest BCUT2D eigenvalue weighted by Gasteiger charge is -2.10. The van der Waals surface area contributed by atoms with E-state index in [4.69, 9.17) is 11.6 Å². The largest absolute Gasteiger partial charge is 0.340 e. The third-order valence-corrected chi connectivity index (χ3v) is 6.30. The summed E-state index contributed by atoms with van der Waals surface area (Å²) in [5, 5.41) is 4.18. The summed E-state index contributed by atoms with van der Waals surface area (Å²) >= 11 is 7.54. The van der Waals surface area contributed by atoms with Crippen molar-refractivity contribution in [3.05, 3.63) is 64.9 Å². The molecule has 0 amide bonds. The Morgan fingerprint density at radius 1 is 1.07 bits per heavy atom. The van der Waals surface area contributed by atoms with Crippen molar-refractivity contribution in [2.75, 3.05) is 10.0 Å². The van der Waals surface area contributed by atoms with Crippen LogP contribution in [0.5, 0.6) is 0 Å². The summed E-state index contributed by atoms with van der Waals surface area (Å²) in [5.74, 6) is 0.831. The van der Waals surface area contributed by atoms with Gasteiger partial charge in [-0.15, -0.1) is 11.3 Å². The van der Waals surface area contributed by atoms with Crippen molar-refractivity contribution in [2.24, 2.45) is 0 Å². The van der Waals surface area contributed by atoms with Crippen molar-refractivity contribution in [3.8, 4) is 0 Å². The van der Waals surface area contributed by atoms with Crippen LogP contribution in [-0.4, -0.2) is 23.4 Å². The Bertz CT molecular complexity index is 1240. The van der Waals surface area contributed by atoms with E-state index in [9.17, 15) is 8.42 Å². The first-order chi connectivity index (χ1) is 13.4. The first-order valence-electron chi connectivity index (χ1n) is 8.15. The summed E-state index contributed by atoms with van der Waals surface area (Å²) in [6, 6.07) is 13.3. The van der Waals surface area contributed by atoms with Crippen LogP contribution in [0.3, 0.4) is 0 Å². The highest BCUT2D eigenvalue weighted by atomic mass is 35.5. The minimum atomic E-state index is -3.73. The fourth-order valence-corrected chi connectivity index (χ4v) is 4.69. The van der Waals surface area contributed by atoms with E-state index < -0.39 is 10.0 Å². The van der Waals surface area contributed by atoms with Crippen LogP contribution in [-0.2, 0) is 10.0 Å². The number of nitrogens with one attached hydrogen (secondary N) is 2. The van der Waals surface area contributed by atoms with E-state index in [1.165, 1.54) is 29.7 Å². The zero-order chi connectivity index (χ0) is 19.7. The van der Waals surface area contributed by atoms with Crippen LogP contribution in [0.4, 0.5) is 17.3 Å². The van der Waals surface area contributed by atoms with Crippen molar-refractivity contribution >= 4 is 60.5 Å². The van der Waals surface area contributed by atoms with Crippen molar-refractivity contribution in [2.45, 2.75) is 11.8 Å². The van der Waals surface area contributed by atoms with Crippen LogP contribution in [0.15, 0.2) is 59.6 Å². The molecule has 0 unspecified atom stereocenters. The molecule has 0 aliphatic rings. The molecule has 0 saturated carbocycles. The lowest BCUT2D eigenvalue weighted by molar-refractivity contribution is 0.601. The summed E-state index contributed by atoms with van der Waals surface area (Å²) in [7, 11) is -3.73. The van der Waals surface area contributed by atoms with Gasteiger partial charge in [-0.2, -0.15) is 4.98 Å². The lowest BCUT2D eigenvalue weighted by atomic mass is 10.3. The van der Waals surface area contributed by atoms with Crippen molar-refractivity contribution in [3.63, 3.8) is 0 Å². The number of hydrogen-bond acceptors (Lipinski definition) is 7. The highest BCUT2D eigenvalue weighted by Gasteiger charge is 2.15. The van der Waals surface area contributed by atoms with Gasteiger partial charge in [-0.25, -0.2) is 18.4 Å². The number of hydrogen-bond donors (Lipinski definition) is 2. The van der Waals surface area contributed by atoms with Gasteiger partial charge in [-0.3, -0.25) is 4.72 Å². The molecule has 0 aliphatic heterocycles. The Balaban J connectivity index is 1.59. The van der Waals surface area contributed by atoms with Crippen LogP contribution in [0, 0.1) is 6.92 Å². The minimum absolute atomic E-state index is 0.126. The second-order valence-electron chi connectivity index (χ2n) is 5.89. The maximum Gasteiger partial charge on any atom is 0.263 e. The zero-order valence-corrected chi connectivity index (χ0v) is 16.9. The Labute approximate surface area is 170 Å². The van der Waals surface area contributed by atoms with Crippen molar-refractivity contribution < 1.29 is 8.42 Å².